The Balaban J connectivity index is 1.57. The highest BCUT2D eigenvalue weighted by molar-refractivity contribution is 6.11. The van der Waals surface area contributed by atoms with Crippen LogP contribution in [0.15, 0.2) is 71.4 Å². The summed E-state index contributed by atoms with van der Waals surface area (Å²) in [6, 6.07) is 21.5. The standard InChI is InChI=1S/C31H28N3O/c1-20-11-16-25-29-31(35-30(25)27(20)26-10-6-7-17-34(26)2)28(24(18-32)19-33-29)23-14-12-22(13-15-23)21-8-4-3-5-9-21/h6-7,10-17,19,21H,3-5,8-9H2,1-2H3/q+1. The molecule has 1 aliphatic rings. The molecule has 1 aliphatic carbocycles. The Hall–Kier alpha value is -3.97. The second-order valence-corrected chi connectivity index (χ2v) is 9.73. The Morgan fingerprint density at radius 2 is 1.74 bits per heavy atom. The zero-order valence-electron chi connectivity index (χ0n) is 20.2. The largest absolute Gasteiger partial charge is 0.453 e. The molecule has 0 unspecified atom stereocenters. The van der Waals surface area contributed by atoms with Gasteiger partial charge in [-0.05, 0) is 54.5 Å². The number of nitrogens with zero attached hydrogens (tertiary/aromatic N) is 3. The Bertz CT molecular complexity index is 1600. The summed E-state index contributed by atoms with van der Waals surface area (Å²) in [4.78, 5) is 4.68. The predicted molar refractivity (Wildman–Crippen MR) is 139 cm³/mol. The van der Waals surface area contributed by atoms with E-state index < -0.39 is 0 Å². The maximum Gasteiger partial charge on any atom is 0.216 e. The van der Waals surface area contributed by atoms with Crippen molar-refractivity contribution in [2.75, 3.05) is 0 Å². The van der Waals surface area contributed by atoms with Crippen molar-refractivity contribution in [3.8, 4) is 28.5 Å². The minimum atomic E-state index is 0.533. The normalized spacial score (nSPS) is 14.4. The molecule has 172 valence electrons. The number of fused-ring (bicyclic) bond motifs is 3. The van der Waals surface area contributed by atoms with Crippen molar-refractivity contribution in [2.45, 2.75) is 44.9 Å². The highest BCUT2D eigenvalue weighted by Gasteiger charge is 2.24. The van der Waals surface area contributed by atoms with Gasteiger partial charge in [-0.1, -0.05) is 49.6 Å². The van der Waals surface area contributed by atoms with Gasteiger partial charge in [0.05, 0.1) is 11.1 Å². The lowest BCUT2D eigenvalue weighted by molar-refractivity contribution is -0.660. The van der Waals surface area contributed by atoms with Gasteiger partial charge in [0.15, 0.2) is 17.4 Å². The van der Waals surface area contributed by atoms with Crippen molar-refractivity contribution in [2.24, 2.45) is 7.05 Å². The van der Waals surface area contributed by atoms with E-state index in [0.29, 0.717) is 17.1 Å². The molecule has 0 spiro atoms. The third-order valence-corrected chi connectivity index (χ3v) is 7.57. The minimum Gasteiger partial charge on any atom is -0.453 e. The van der Waals surface area contributed by atoms with Gasteiger partial charge in [0.1, 0.15) is 18.6 Å². The predicted octanol–water partition coefficient (Wildman–Crippen LogP) is 7.37. The summed E-state index contributed by atoms with van der Waals surface area (Å²) >= 11 is 0. The van der Waals surface area contributed by atoms with E-state index in [-0.39, 0.29) is 0 Å². The first-order valence-corrected chi connectivity index (χ1v) is 12.5. The van der Waals surface area contributed by atoms with Gasteiger partial charge in [0.25, 0.3) is 0 Å². The molecule has 1 fully saturated rings. The van der Waals surface area contributed by atoms with Crippen LogP contribution in [-0.2, 0) is 7.05 Å². The monoisotopic (exact) mass is 458 g/mol. The second kappa shape index (κ2) is 8.67. The summed E-state index contributed by atoms with van der Waals surface area (Å²) in [7, 11) is 2.04. The number of aryl methyl sites for hydroxylation is 2. The van der Waals surface area contributed by atoms with E-state index in [1.54, 1.807) is 6.20 Å². The zero-order chi connectivity index (χ0) is 23.9. The van der Waals surface area contributed by atoms with Crippen molar-refractivity contribution in [3.63, 3.8) is 0 Å². The topological polar surface area (TPSA) is 53.7 Å². The van der Waals surface area contributed by atoms with Crippen LogP contribution in [0.1, 0.15) is 54.7 Å². The van der Waals surface area contributed by atoms with E-state index in [0.717, 1.165) is 44.4 Å². The minimum absolute atomic E-state index is 0.533. The van der Waals surface area contributed by atoms with Crippen molar-refractivity contribution in [1.82, 2.24) is 4.98 Å². The van der Waals surface area contributed by atoms with E-state index in [1.807, 2.05) is 25.4 Å². The molecule has 0 aliphatic heterocycles. The molecule has 6 rings (SSSR count). The van der Waals surface area contributed by atoms with Gasteiger partial charge in [0.2, 0.25) is 5.69 Å². The zero-order valence-corrected chi connectivity index (χ0v) is 20.2. The van der Waals surface area contributed by atoms with Crippen LogP contribution < -0.4 is 4.57 Å². The summed E-state index contributed by atoms with van der Waals surface area (Å²) in [6.45, 7) is 2.11. The van der Waals surface area contributed by atoms with Crippen LogP contribution in [0.3, 0.4) is 0 Å². The van der Waals surface area contributed by atoms with Crippen LogP contribution in [0.4, 0.5) is 0 Å². The first-order valence-electron chi connectivity index (χ1n) is 12.5. The summed E-state index contributed by atoms with van der Waals surface area (Å²) in [6.07, 6.45) is 10.2. The molecule has 5 aromatic rings. The van der Waals surface area contributed by atoms with Gasteiger partial charge in [-0.15, -0.1) is 0 Å². The Kier molecular flexibility index (Phi) is 5.34. The number of hydrogen-bond acceptors (Lipinski definition) is 3. The quantitative estimate of drug-likeness (QED) is 0.265. The molecule has 4 nitrogen and oxygen atoms in total. The fourth-order valence-electron chi connectivity index (χ4n) is 5.69. The van der Waals surface area contributed by atoms with E-state index in [2.05, 4.69) is 65.0 Å². The van der Waals surface area contributed by atoms with Crippen LogP contribution in [-0.4, -0.2) is 4.98 Å². The molecule has 0 saturated heterocycles. The molecular weight excluding hydrogens is 430 g/mol. The summed E-state index contributed by atoms with van der Waals surface area (Å²) in [5.74, 6) is 0.647. The maximum absolute atomic E-state index is 9.95. The lowest BCUT2D eigenvalue weighted by Gasteiger charge is -2.22. The molecule has 4 heteroatoms. The molecule has 0 radical (unpaired) electrons. The first-order chi connectivity index (χ1) is 17.2. The fraction of sp³-hybridized carbons (Fsp3) is 0.258. The molecule has 2 aromatic carbocycles. The molecule has 35 heavy (non-hydrogen) atoms. The Labute approximate surface area is 205 Å². The Morgan fingerprint density at radius 3 is 2.49 bits per heavy atom. The molecule has 3 heterocycles. The van der Waals surface area contributed by atoms with E-state index in [9.17, 15) is 5.26 Å². The number of furan rings is 1. The lowest BCUT2D eigenvalue weighted by Crippen LogP contribution is -2.30. The fourth-order valence-corrected chi connectivity index (χ4v) is 5.69. The van der Waals surface area contributed by atoms with Crippen LogP contribution in [0.2, 0.25) is 0 Å². The van der Waals surface area contributed by atoms with E-state index >= 15 is 0 Å². The number of pyridine rings is 2. The molecular formula is C31H28N3O+. The summed E-state index contributed by atoms with van der Waals surface area (Å²) in [5.41, 5.74) is 9.30. The SMILES string of the molecule is Cc1ccc2c(oc3c(-c4ccc(C5CCCCC5)cc4)c(C#N)cnc32)c1-c1cccc[n+]1C. The highest BCUT2D eigenvalue weighted by atomic mass is 16.3. The number of hydrogen-bond donors (Lipinski definition) is 0. The van der Waals surface area contributed by atoms with Crippen molar-refractivity contribution in [1.29, 1.82) is 5.26 Å². The average molecular weight is 459 g/mol. The molecule has 0 bridgehead atoms. The third kappa shape index (κ3) is 3.59. The molecule has 0 atom stereocenters. The molecule has 0 amide bonds. The van der Waals surface area contributed by atoms with E-state index in [1.165, 1.54) is 37.7 Å². The first kappa shape index (κ1) is 21.6. The van der Waals surface area contributed by atoms with Crippen LogP contribution in [0, 0.1) is 18.3 Å². The smallest absolute Gasteiger partial charge is 0.216 e. The molecule has 0 N–H and O–H groups in total. The number of benzene rings is 2. The van der Waals surface area contributed by atoms with Crippen LogP contribution in [0.25, 0.3) is 44.5 Å². The summed E-state index contributed by atoms with van der Waals surface area (Å²) < 4.78 is 8.73. The Morgan fingerprint density at radius 1 is 0.943 bits per heavy atom. The second-order valence-electron chi connectivity index (χ2n) is 9.73. The number of nitriles is 1. The van der Waals surface area contributed by atoms with Gasteiger partial charge >= 0.3 is 0 Å². The van der Waals surface area contributed by atoms with Gasteiger partial charge in [-0.3, -0.25) is 4.98 Å². The van der Waals surface area contributed by atoms with Crippen molar-refractivity contribution < 1.29 is 8.98 Å². The maximum atomic E-state index is 9.95. The van der Waals surface area contributed by atoms with Gasteiger partial charge in [0, 0.05) is 29.3 Å². The summed E-state index contributed by atoms with van der Waals surface area (Å²) in [5, 5.41) is 10.9. The van der Waals surface area contributed by atoms with Crippen molar-refractivity contribution >= 4 is 22.1 Å². The van der Waals surface area contributed by atoms with Gasteiger partial charge in [-0.2, -0.15) is 5.26 Å². The number of rotatable bonds is 3. The van der Waals surface area contributed by atoms with Crippen LogP contribution in [0.5, 0.6) is 0 Å². The molecule has 3 aromatic heterocycles. The van der Waals surface area contributed by atoms with Gasteiger partial charge < -0.3 is 4.42 Å². The van der Waals surface area contributed by atoms with Crippen LogP contribution >= 0.6 is 0 Å². The molecule has 1 saturated carbocycles. The average Bonchev–Trinajstić information content (AvgIpc) is 3.28. The third-order valence-electron chi connectivity index (χ3n) is 7.57. The van der Waals surface area contributed by atoms with E-state index in [4.69, 9.17) is 4.42 Å². The van der Waals surface area contributed by atoms with Crippen molar-refractivity contribution in [3.05, 3.63) is 83.7 Å². The van der Waals surface area contributed by atoms with Gasteiger partial charge in [-0.25, -0.2) is 4.57 Å². The highest BCUT2D eigenvalue weighted by Crippen LogP contribution is 2.41. The lowest BCUT2D eigenvalue weighted by atomic mass is 9.83. The number of aromatic nitrogens is 2.